The highest BCUT2D eigenvalue weighted by atomic mass is 19.4. The summed E-state index contributed by atoms with van der Waals surface area (Å²) in [6, 6.07) is 3.20. The van der Waals surface area contributed by atoms with Gasteiger partial charge in [0.15, 0.2) is 0 Å². The average molecular weight is 457 g/mol. The zero-order valence-electron chi connectivity index (χ0n) is 18.4. The number of halogens is 3. The van der Waals surface area contributed by atoms with E-state index in [0.29, 0.717) is 44.6 Å². The molecule has 2 heterocycles. The normalized spacial score (nSPS) is 20.9. The van der Waals surface area contributed by atoms with E-state index in [4.69, 9.17) is 0 Å². The Balaban J connectivity index is 1.48. The number of nitro benzene ring substituents is 1. The smallest absolute Gasteiger partial charge is 0.366 e. The minimum atomic E-state index is -4.64. The molecule has 178 valence electrons. The third kappa shape index (κ3) is 6.11. The van der Waals surface area contributed by atoms with E-state index in [2.05, 4.69) is 17.1 Å². The summed E-state index contributed by atoms with van der Waals surface area (Å²) in [5.41, 5.74) is -1.44. The van der Waals surface area contributed by atoms with Gasteiger partial charge in [-0.1, -0.05) is 6.42 Å². The monoisotopic (exact) mass is 456 g/mol. The van der Waals surface area contributed by atoms with Gasteiger partial charge in [-0.05, 0) is 57.7 Å². The van der Waals surface area contributed by atoms with Gasteiger partial charge in [0.05, 0.1) is 10.5 Å². The minimum Gasteiger partial charge on any atom is -0.366 e. The largest absolute Gasteiger partial charge is 0.416 e. The van der Waals surface area contributed by atoms with Crippen LogP contribution in [0.2, 0.25) is 0 Å². The molecule has 10 heteroatoms. The summed E-state index contributed by atoms with van der Waals surface area (Å²) in [5.74, 6) is -0.202. The van der Waals surface area contributed by atoms with Crippen LogP contribution in [0, 0.1) is 16.0 Å². The number of alkyl halides is 3. The van der Waals surface area contributed by atoms with Crippen molar-refractivity contribution in [3.8, 4) is 0 Å². The van der Waals surface area contributed by atoms with Gasteiger partial charge in [0.1, 0.15) is 5.69 Å². The van der Waals surface area contributed by atoms with Crippen LogP contribution in [0.5, 0.6) is 0 Å². The van der Waals surface area contributed by atoms with Crippen molar-refractivity contribution in [3.05, 3.63) is 33.9 Å². The number of hydrogen-bond donors (Lipinski definition) is 1. The number of nitrogens with zero attached hydrogens (tertiary/aromatic N) is 3. The number of benzene rings is 1. The predicted octanol–water partition coefficient (Wildman–Crippen LogP) is 4.21. The second kappa shape index (κ2) is 10.5. The molecule has 0 bridgehead atoms. The van der Waals surface area contributed by atoms with E-state index in [1.807, 2.05) is 0 Å². The Bertz CT molecular complexity index is 810. The quantitative estimate of drug-likeness (QED) is 0.378. The standard InChI is InChI=1S/C22H31F3N4O3/c1-16-5-2-3-11-27(16)12-4-10-26-21(30)17-8-13-28(14-9-17)19-7-6-18(22(23,24)25)15-20(19)29(31)32/h6-7,15-17H,2-5,8-14H2,1H3,(H,26,30). The molecular formula is C22H31F3N4O3. The second-order valence-corrected chi connectivity index (χ2v) is 8.75. The van der Waals surface area contributed by atoms with Crippen molar-refractivity contribution in [3.63, 3.8) is 0 Å². The third-order valence-corrected chi connectivity index (χ3v) is 6.57. The van der Waals surface area contributed by atoms with Crippen molar-refractivity contribution in [1.82, 2.24) is 10.2 Å². The van der Waals surface area contributed by atoms with Crippen molar-refractivity contribution >= 4 is 17.3 Å². The number of likely N-dealkylation sites (tertiary alicyclic amines) is 1. The molecule has 3 rings (SSSR count). The molecule has 2 aliphatic heterocycles. The fourth-order valence-electron chi connectivity index (χ4n) is 4.62. The third-order valence-electron chi connectivity index (χ3n) is 6.57. The van der Waals surface area contributed by atoms with E-state index in [1.54, 1.807) is 4.90 Å². The predicted molar refractivity (Wildman–Crippen MR) is 116 cm³/mol. The Labute approximate surface area is 186 Å². The summed E-state index contributed by atoms with van der Waals surface area (Å²) in [4.78, 5) is 27.2. The molecule has 7 nitrogen and oxygen atoms in total. The summed E-state index contributed by atoms with van der Waals surface area (Å²) in [6.07, 6.45) is 1.00. The number of carbonyl (C=O) groups is 1. The molecule has 1 N–H and O–H groups in total. The highest BCUT2D eigenvalue weighted by molar-refractivity contribution is 5.79. The maximum absolute atomic E-state index is 12.9. The number of anilines is 1. The number of amides is 1. The molecule has 1 atom stereocenters. The van der Waals surface area contributed by atoms with Gasteiger partial charge in [-0.3, -0.25) is 14.9 Å². The first-order valence-electron chi connectivity index (χ1n) is 11.3. The summed E-state index contributed by atoms with van der Waals surface area (Å²) in [7, 11) is 0. The van der Waals surface area contributed by atoms with Gasteiger partial charge in [0.25, 0.3) is 5.69 Å². The number of nitro groups is 1. The summed E-state index contributed by atoms with van der Waals surface area (Å²) < 4.78 is 38.7. The molecule has 1 unspecified atom stereocenters. The van der Waals surface area contributed by atoms with Crippen LogP contribution in [0.3, 0.4) is 0 Å². The van der Waals surface area contributed by atoms with Crippen molar-refractivity contribution in [2.45, 2.75) is 57.7 Å². The molecule has 1 aromatic carbocycles. The second-order valence-electron chi connectivity index (χ2n) is 8.75. The van der Waals surface area contributed by atoms with Crippen molar-refractivity contribution in [2.75, 3.05) is 37.6 Å². The highest BCUT2D eigenvalue weighted by Gasteiger charge is 2.35. The van der Waals surface area contributed by atoms with E-state index >= 15 is 0 Å². The molecule has 1 amide bonds. The summed E-state index contributed by atoms with van der Waals surface area (Å²) >= 11 is 0. The number of hydrogen-bond acceptors (Lipinski definition) is 5. The van der Waals surface area contributed by atoms with Gasteiger partial charge in [-0.25, -0.2) is 0 Å². The zero-order chi connectivity index (χ0) is 23.3. The van der Waals surface area contributed by atoms with Gasteiger partial charge >= 0.3 is 6.18 Å². The molecule has 0 radical (unpaired) electrons. The Morgan fingerprint density at radius 2 is 1.91 bits per heavy atom. The number of piperidine rings is 2. The van der Waals surface area contributed by atoms with E-state index in [-0.39, 0.29) is 17.5 Å². The molecular weight excluding hydrogens is 425 g/mol. The molecule has 0 aliphatic carbocycles. The van der Waals surface area contributed by atoms with E-state index in [9.17, 15) is 28.1 Å². The molecule has 0 spiro atoms. The van der Waals surface area contributed by atoms with Crippen LogP contribution in [0.1, 0.15) is 51.0 Å². The van der Waals surface area contributed by atoms with Crippen LogP contribution in [0.15, 0.2) is 18.2 Å². The summed E-state index contributed by atoms with van der Waals surface area (Å²) in [6.45, 7) is 5.71. The molecule has 2 fully saturated rings. The number of nitrogens with one attached hydrogen (secondary N) is 1. The first kappa shape index (κ1) is 24.3. The Morgan fingerprint density at radius 1 is 1.19 bits per heavy atom. The lowest BCUT2D eigenvalue weighted by molar-refractivity contribution is -0.384. The van der Waals surface area contributed by atoms with Gasteiger partial charge in [-0.2, -0.15) is 13.2 Å². The van der Waals surface area contributed by atoms with Gasteiger partial charge in [-0.15, -0.1) is 0 Å². The first-order valence-corrected chi connectivity index (χ1v) is 11.3. The maximum Gasteiger partial charge on any atom is 0.416 e. The maximum atomic E-state index is 12.9. The molecule has 2 aliphatic rings. The zero-order valence-corrected chi connectivity index (χ0v) is 18.4. The van der Waals surface area contributed by atoms with Crippen LogP contribution in [-0.2, 0) is 11.0 Å². The number of rotatable bonds is 7. The lowest BCUT2D eigenvalue weighted by Gasteiger charge is -2.34. The van der Waals surface area contributed by atoms with Crippen LogP contribution in [-0.4, -0.2) is 54.5 Å². The number of carbonyl (C=O) groups excluding carboxylic acids is 1. The Hall–Kier alpha value is -2.36. The molecule has 32 heavy (non-hydrogen) atoms. The van der Waals surface area contributed by atoms with Crippen molar-refractivity contribution in [1.29, 1.82) is 0 Å². The highest BCUT2D eigenvalue weighted by Crippen LogP contribution is 2.37. The molecule has 2 saturated heterocycles. The van der Waals surface area contributed by atoms with Crippen molar-refractivity contribution < 1.29 is 22.9 Å². The molecule has 1 aromatic rings. The van der Waals surface area contributed by atoms with Gasteiger partial charge in [0.2, 0.25) is 5.91 Å². The molecule has 0 saturated carbocycles. The fourth-order valence-corrected chi connectivity index (χ4v) is 4.62. The van der Waals surface area contributed by atoms with E-state index < -0.39 is 22.4 Å². The minimum absolute atomic E-state index is 0.0155. The molecule has 0 aromatic heterocycles. The van der Waals surface area contributed by atoms with Crippen molar-refractivity contribution in [2.24, 2.45) is 5.92 Å². The lowest BCUT2D eigenvalue weighted by atomic mass is 9.95. The lowest BCUT2D eigenvalue weighted by Crippen LogP contribution is -2.42. The first-order chi connectivity index (χ1) is 15.2. The van der Waals surface area contributed by atoms with E-state index in [0.717, 1.165) is 31.6 Å². The Morgan fingerprint density at radius 3 is 2.53 bits per heavy atom. The van der Waals surface area contributed by atoms with Crippen LogP contribution in [0.25, 0.3) is 0 Å². The SMILES string of the molecule is CC1CCCCN1CCCNC(=O)C1CCN(c2ccc(C(F)(F)F)cc2[N+](=O)[O-])CC1. The topological polar surface area (TPSA) is 78.7 Å². The van der Waals surface area contributed by atoms with Crippen LogP contribution >= 0.6 is 0 Å². The fraction of sp³-hybridized carbons (Fsp3) is 0.682. The average Bonchev–Trinajstić information content (AvgIpc) is 2.76. The van der Waals surface area contributed by atoms with Gasteiger partial charge < -0.3 is 15.1 Å². The van der Waals surface area contributed by atoms with Crippen LogP contribution < -0.4 is 10.2 Å². The summed E-state index contributed by atoms with van der Waals surface area (Å²) in [5, 5.41) is 14.3. The van der Waals surface area contributed by atoms with E-state index in [1.165, 1.54) is 19.3 Å². The van der Waals surface area contributed by atoms with Gasteiger partial charge in [0, 0.05) is 44.2 Å². The van der Waals surface area contributed by atoms with Crippen LogP contribution in [0.4, 0.5) is 24.5 Å². The Kier molecular flexibility index (Phi) is 7.97.